The number of fused-ring (bicyclic) bond motifs is 1. The third-order valence-corrected chi connectivity index (χ3v) is 4.26. The van der Waals surface area contributed by atoms with Crippen molar-refractivity contribution in [1.29, 1.82) is 0 Å². The standard InChI is InChI=1S/C21H25N3O3/c1-21(2,3)24-18(25)12-22-20(27)16-10-14-6-4-5-7-15(14)11-17(16)23-19(26)13-8-9-13/h4-7,10-11,13H,8-9,12H2,1-3H3,(H,22,27)(H,23,26)(H,24,25). The summed E-state index contributed by atoms with van der Waals surface area (Å²) in [6.45, 7) is 5.50. The van der Waals surface area contributed by atoms with E-state index in [0.29, 0.717) is 11.3 Å². The first kappa shape index (κ1) is 18.9. The fourth-order valence-electron chi connectivity index (χ4n) is 2.83. The Labute approximate surface area is 158 Å². The Morgan fingerprint density at radius 2 is 1.67 bits per heavy atom. The molecule has 0 bridgehead atoms. The average Bonchev–Trinajstić information content (AvgIpc) is 3.42. The second-order valence-corrected chi connectivity index (χ2v) is 7.99. The molecule has 0 unspecified atom stereocenters. The van der Waals surface area contributed by atoms with Crippen LogP contribution in [0.4, 0.5) is 5.69 Å². The number of hydrogen-bond donors (Lipinski definition) is 3. The number of carbonyl (C=O) groups excluding carboxylic acids is 3. The van der Waals surface area contributed by atoms with Crippen LogP contribution in [0.1, 0.15) is 44.0 Å². The smallest absolute Gasteiger partial charge is 0.253 e. The van der Waals surface area contributed by atoms with E-state index in [0.717, 1.165) is 23.6 Å². The summed E-state index contributed by atoms with van der Waals surface area (Å²) in [4.78, 5) is 36.9. The molecule has 0 heterocycles. The van der Waals surface area contributed by atoms with Gasteiger partial charge in [-0.1, -0.05) is 24.3 Å². The number of hydrogen-bond acceptors (Lipinski definition) is 3. The van der Waals surface area contributed by atoms with E-state index >= 15 is 0 Å². The van der Waals surface area contributed by atoms with E-state index in [-0.39, 0.29) is 29.8 Å². The summed E-state index contributed by atoms with van der Waals surface area (Å²) in [5.41, 5.74) is 0.458. The van der Waals surface area contributed by atoms with Gasteiger partial charge >= 0.3 is 0 Å². The number of anilines is 1. The maximum absolute atomic E-state index is 12.7. The second-order valence-electron chi connectivity index (χ2n) is 7.99. The van der Waals surface area contributed by atoms with E-state index in [1.807, 2.05) is 45.0 Å². The molecule has 142 valence electrons. The molecular formula is C21H25N3O3. The molecule has 1 aliphatic carbocycles. The van der Waals surface area contributed by atoms with Crippen LogP contribution in [0.25, 0.3) is 10.8 Å². The van der Waals surface area contributed by atoms with Gasteiger partial charge in [-0.25, -0.2) is 0 Å². The van der Waals surface area contributed by atoms with Crippen LogP contribution < -0.4 is 16.0 Å². The monoisotopic (exact) mass is 367 g/mol. The molecular weight excluding hydrogens is 342 g/mol. The highest BCUT2D eigenvalue weighted by atomic mass is 16.2. The van der Waals surface area contributed by atoms with E-state index in [2.05, 4.69) is 16.0 Å². The molecule has 1 saturated carbocycles. The molecule has 1 fully saturated rings. The molecule has 27 heavy (non-hydrogen) atoms. The molecule has 1 aliphatic rings. The van der Waals surface area contributed by atoms with Crippen molar-refractivity contribution in [3.05, 3.63) is 42.0 Å². The van der Waals surface area contributed by atoms with Crippen molar-refractivity contribution in [2.45, 2.75) is 39.2 Å². The maximum Gasteiger partial charge on any atom is 0.253 e. The van der Waals surface area contributed by atoms with Crippen molar-refractivity contribution in [2.24, 2.45) is 5.92 Å². The Hall–Kier alpha value is -2.89. The lowest BCUT2D eigenvalue weighted by Crippen LogP contribution is -2.45. The lowest BCUT2D eigenvalue weighted by Gasteiger charge is -2.20. The van der Waals surface area contributed by atoms with Crippen LogP contribution in [0, 0.1) is 5.92 Å². The van der Waals surface area contributed by atoms with Crippen LogP contribution in [-0.2, 0) is 9.59 Å². The molecule has 2 aromatic rings. The fraction of sp³-hybridized carbons (Fsp3) is 0.381. The Kier molecular flexibility index (Phi) is 5.17. The molecule has 0 radical (unpaired) electrons. The maximum atomic E-state index is 12.7. The lowest BCUT2D eigenvalue weighted by molar-refractivity contribution is -0.121. The summed E-state index contributed by atoms with van der Waals surface area (Å²) in [5, 5.41) is 10.1. The number of nitrogens with one attached hydrogen (secondary N) is 3. The highest BCUT2D eigenvalue weighted by Crippen LogP contribution is 2.31. The summed E-state index contributed by atoms with van der Waals surface area (Å²) in [6.07, 6.45) is 1.77. The minimum absolute atomic E-state index is 0.0324. The van der Waals surface area contributed by atoms with Gasteiger partial charge in [-0.3, -0.25) is 14.4 Å². The van der Waals surface area contributed by atoms with Gasteiger partial charge < -0.3 is 16.0 Å². The van der Waals surface area contributed by atoms with E-state index in [4.69, 9.17) is 0 Å². The highest BCUT2D eigenvalue weighted by molar-refractivity contribution is 6.08. The molecule has 0 saturated heterocycles. The molecule has 6 heteroatoms. The minimum atomic E-state index is -0.393. The first-order valence-corrected chi connectivity index (χ1v) is 9.16. The van der Waals surface area contributed by atoms with Crippen molar-refractivity contribution in [3.8, 4) is 0 Å². The van der Waals surface area contributed by atoms with Gasteiger partial charge in [-0.2, -0.15) is 0 Å². The zero-order chi connectivity index (χ0) is 19.6. The van der Waals surface area contributed by atoms with Gasteiger partial charge in [0.1, 0.15) is 0 Å². The Bertz CT molecular complexity index is 895. The molecule has 3 amide bonds. The van der Waals surface area contributed by atoms with Gasteiger partial charge in [0.15, 0.2) is 0 Å². The molecule has 3 rings (SSSR count). The van der Waals surface area contributed by atoms with Gasteiger partial charge in [0.05, 0.1) is 17.8 Å². The summed E-state index contributed by atoms with van der Waals surface area (Å²) >= 11 is 0. The quantitative estimate of drug-likeness (QED) is 0.759. The number of rotatable bonds is 5. The predicted molar refractivity (Wildman–Crippen MR) is 106 cm³/mol. The molecule has 3 N–H and O–H groups in total. The van der Waals surface area contributed by atoms with Crippen molar-refractivity contribution in [2.75, 3.05) is 11.9 Å². The Morgan fingerprint density at radius 3 is 2.26 bits per heavy atom. The highest BCUT2D eigenvalue weighted by Gasteiger charge is 2.30. The molecule has 2 aromatic carbocycles. The second kappa shape index (κ2) is 7.39. The first-order valence-electron chi connectivity index (χ1n) is 9.16. The first-order chi connectivity index (χ1) is 12.7. The van der Waals surface area contributed by atoms with Gasteiger partial charge in [-0.05, 0) is 56.5 Å². The van der Waals surface area contributed by atoms with E-state index in [1.165, 1.54) is 0 Å². The minimum Gasteiger partial charge on any atom is -0.350 e. The van der Waals surface area contributed by atoms with Crippen molar-refractivity contribution >= 4 is 34.2 Å². The molecule has 0 spiro atoms. The molecule has 0 aromatic heterocycles. The van der Waals surface area contributed by atoms with E-state index < -0.39 is 5.91 Å². The van der Waals surface area contributed by atoms with Gasteiger partial charge in [0, 0.05) is 11.5 Å². The van der Waals surface area contributed by atoms with Crippen LogP contribution in [-0.4, -0.2) is 29.8 Å². The predicted octanol–water partition coefficient (Wildman–Crippen LogP) is 2.83. The van der Waals surface area contributed by atoms with E-state index in [1.54, 1.807) is 12.1 Å². The summed E-state index contributed by atoms with van der Waals surface area (Å²) in [7, 11) is 0. The Morgan fingerprint density at radius 1 is 1.04 bits per heavy atom. The van der Waals surface area contributed by atoms with Crippen LogP contribution in [0.5, 0.6) is 0 Å². The summed E-state index contributed by atoms with van der Waals surface area (Å²) in [6, 6.07) is 11.2. The third kappa shape index (κ3) is 5.06. The van der Waals surface area contributed by atoms with Gasteiger partial charge in [0.2, 0.25) is 11.8 Å². The Balaban J connectivity index is 1.80. The third-order valence-electron chi connectivity index (χ3n) is 4.26. The normalized spacial score (nSPS) is 13.9. The average molecular weight is 367 g/mol. The number of amides is 3. The number of benzene rings is 2. The van der Waals surface area contributed by atoms with Crippen LogP contribution in [0.3, 0.4) is 0 Å². The SMILES string of the molecule is CC(C)(C)NC(=O)CNC(=O)c1cc2ccccc2cc1NC(=O)C1CC1. The van der Waals surface area contributed by atoms with E-state index in [9.17, 15) is 14.4 Å². The van der Waals surface area contributed by atoms with Crippen molar-refractivity contribution < 1.29 is 14.4 Å². The van der Waals surface area contributed by atoms with Crippen LogP contribution >= 0.6 is 0 Å². The van der Waals surface area contributed by atoms with Crippen molar-refractivity contribution in [1.82, 2.24) is 10.6 Å². The van der Waals surface area contributed by atoms with Gasteiger partial charge in [0.25, 0.3) is 5.91 Å². The summed E-state index contributed by atoms with van der Waals surface area (Å²) < 4.78 is 0. The largest absolute Gasteiger partial charge is 0.350 e. The van der Waals surface area contributed by atoms with Crippen LogP contribution in [0.15, 0.2) is 36.4 Å². The number of carbonyl (C=O) groups is 3. The van der Waals surface area contributed by atoms with Crippen molar-refractivity contribution in [3.63, 3.8) is 0 Å². The zero-order valence-corrected chi connectivity index (χ0v) is 15.9. The lowest BCUT2D eigenvalue weighted by atomic mass is 10.0. The molecule has 0 atom stereocenters. The van der Waals surface area contributed by atoms with Gasteiger partial charge in [-0.15, -0.1) is 0 Å². The zero-order valence-electron chi connectivity index (χ0n) is 15.9. The molecule has 6 nitrogen and oxygen atoms in total. The topological polar surface area (TPSA) is 87.3 Å². The summed E-state index contributed by atoms with van der Waals surface area (Å²) in [5.74, 6) is -0.689. The molecule has 0 aliphatic heterocycles. The fourth-order valence-corrected chi connectivity index (χ4v) is 2.83. The van der Waals surface area contributed by atoms with Crippen LogP contribution in [0.2, 0.25) is 0 Å².